The first-order valence-corrected chi connectivity index (χ1v) is 9.29. The molecule has 3 aromatic rings. The highest BCUT2D eigenvalue weighted by molar-refractivity contribution is 6.33. The molecule has 160 valence electrons. The van der Waals surface area contributed by atoms with Crippen molar-refractivity contribution in [3.05, 3.63) is 65.1 Å². The highest BCUT2D eigenvalue weighted by Gasteiger charge is 2.27. The van der Waals surface area contributed by atoms with E-state index in [-0.39, 0.29) is 12.5 Å². The average molecular weight is 428 g/mol. The van der Waals surface area contributed by atoms with Gasteiger partial charge in [-0.3, -0.25) is 9.59 Å². The van der Waals surface area contributed by atoms with E-state index in [0.29, 0.717) is 11.4 Å². The molecule has 1 heterocycles. The van der Waals surface area contributed by atoms with Crippen molar-refractivity contribution in [2.45, 2.75) is 20.0 Å². The summed E-state index contributed by atoms with van der Waals surface area (Å²) in [6, 6.07) is 9.40. The summed E-state index contributed by atoms with van der Waals surface area (Å²) < 4.78 is 44.6. The van der Waals surface area contributed by atoms with E-state index in [1.54, 1.807) is 7.85 Å². The predicted molar refractivity (Wildman–Crippen MR) is 110 cm³/mol. The van der Waals surface area contributed by atoms with E-state index in [9.17, 15) is 18.4 Å². The van der Waals surface area contributed by atoms with Gasteiger partial charge in [0.1, 0.15) is 23.7 Å². The highest BCUT2D eigenvalue weighted by atomic mass is 19.1. The smallest absolute Gasteiger partial charge is 0.302 e. The number of benzene rings is 2. The van der Waals surface area contributed by atoms with Crippen molar-refractivity contribution >= 4 is 25.4 Å². The zero-order valence-electron chi connectivity index (χ0n) is 17.1. The van der Waals surface area contributed by atoms with Gasteiger partial charge in [0.15, 0.2) is 19.4 Å². The summed E-state index contributed by atoms with van der Waals surface area (Å²) in [5.41, 5.74) is 6.96. The van der Waals surface area contributed by atoms with Crippen molar-refractivity contribution in [1.82, 2.24) is 4.98 Å². The summed E-state index contributed by atoms with van der Waals surface area (Å²) in [7, 11) is 1.69. The summed E-state index contributed by atoms with van der Waals surface area (Å²) in [5.74, 6) is -4.75. The zero-order chi connectivity index (χ0) is 22.7. The molecular formula is C21H19BF2N2O5. The van der Waals surface area contributed by atoms with Crippen molar-refractivity contribution in [2.75, 3.05) is 6.61 Å². The van der Waals surface area contributed by atoms with Crippen LogP contribution in [-0.2, 0) is 9.53 Å². The third kappa shape index (κ3) is 4.91. The summed E-state index contributed by atoms with van der Waals surface area (Å²) in [5, 5.41) is 0. The van der Waals surface area contributed by atoms with Gasteiger partial charge in [-0.2, -0.15) is 0 Å². The number of nitrogens with two attached hydrogens (primary N) is 1. The first kappa shape index (κ1) is 22.0. The minimum atomic E-state index is -1.29. The quantitative estimate of drug-likeness (QED) is 0.456. The second-order valence-electron chi connectivity index (χ2n) is 6.83. The van der Waals surface area contributed by atoms with E-state index in [4.69, 9.17) is 19.6 Å². The van der Waals surface area contributed by atoms with Crippen LogP contribution in [0.15, 0.2) is 40.8 Å². The number of hydrogen-bond donors (Lipinski definition) is 1. The number of halogens is 2. The fraction of sp³-hybridized carbons (Fsp3) is 0.190. The lowest BCUT2D eigenvalue weighted by atomic mass is 9.99. The number of rotatable bonds is 7. The van der Waals surface area contributed by atoms with E-state index < -0.39 is 40.9 Å². The molecule has 0 aliphatic rings. The summed E-state index contributed by atoms with van der Waals surface area (Å²) in [4.78, 5) is 27.1. The number of hydrogen-bond acceptors (Lipinski definition) is 6. The molecule has 0 saturated heterocycles. The lowest BCUT2D eigenvalue weighted by molar-refractivity contribution is -0.143. The van der Waals surface area contributed by atoms with Crippen molar-refractivity contribution in [2.24, 2.45) is 5.73 Å². The van der Waals surface area contributed by atoms with Gasteiger partial charge >= 0.3 is 5.97 Å². The molecule has 1 atom stereocenters. The van der Waals surface area contributed by atoms with E-state index in [1.165, 1.54) is 6.92 Å². The maximum atomic E-state index is 14.6. The average Bonchev–Trinajstić information content (AvgIpc) is 3.08. The zero-order valence-corrected chi connectivity index (χ0v) is 17.1. The lowest BCUT2D eigenvalue weighted by Crippen LogP contribution is -2.20. The number of ether oxygens (including phenoxy) is 2. The SMILES string of the molecule is Bc1oc(C(COC(C)=O)Oc2ccc(F)c(C(N)=O)c2F)nc1-c1ccc(C)cc1. The van der Waals surface area contributed by atoms with E-state index in [1.807, 2.05) is 31.2 Å². The molecule has 1 amide bonds. The Bertz CT molecular complexity index is 1130. The standard InChI is InChI=1S/C21H19BF2N2O5/c1-10-3-5-12(6-4-10)18-19(22)31-21(26-18)15(9-29-11(2)27)30-14-8-7-13(23)16(17(14)24)20(25)28/h3-8,15H,9,22H2,1-2H3,(H2,25,28). The van der Waals surface area contributed by atoms with Gasteiger partial charge in [-0.05, 0) is 19.1 Å². The van der Waals surface area contributed by atoms with Gasteiger partial charge in [0.25, 0.3) is 5.91 Å². The number of amides is 1. The normalized spacial score (nSPS) is 11.7. The molecule has 1 unspecified atom stereocenters. The van der Waals surface area contributed by atoms with Crippen LogP contribution >= 0.6 is 0 Å². The van der Waals surface area contributed by atoms with Gasteiger partial charge in [-0.25, -0.2) is 13.8 Å². The number of aromatic nitrogens is 1. The molecule has 3 rings (SSSR count). The van der Waals surface area contributed by atoms with Gasteiger partial charge in [-0.1, -0.05) is 29.8 Å². The number of nitrogens with zero attached hydrogens (tertiary/aromatic N) is 1. The van der Waals surface area contributed by atoms with Crippen LogP contribution < -0.4 is 16.1 Å². The fourth-order valence-electron chi connectivity index (χ4n) is 2.89. The molecule has 10 heteroatoms. The van der Waals surface area contributed by atoms with Crippen LogP contribution in [0.3, 0.4) is 0 Å². The molecule has 0 radical (unpaired) electrons. The first-order valence-electron chi connectivity index (χ1n) is 9.29. The van der Waals surface area contributed by atoms with Crippen LogP contribution in [0.4, 0.5) is 8.78 Å². The molecule has 0 spiro atoms. The Morgan fingerprint density at radius 2 is 1.87 bits per heavy atom. The molecule has 0 saturated carbocycles. The molecule has 31 heavy (non-hydrogen) atoms. The summed E-state index contributed by atoms with van der Waals surface area (Å²) >= 11 is 0. The maximum absolute atomic E-state index is 14.6. The van der Waals surface area contributed by atoms with Gasteiger partial charge in [0.2, 0.25) is 12.0 Å². The van der Waals surface area contributed by atoms with Gasteiger partial charge in [0, 0.05) is 12.5 Å². The summed E-state index contributed by atoms with van der Waals surface area (Å²) in [6.45, 7) is 2.79. The molecule has 0 aliphatic carbocycles. The maximum Gasteiger partial charge on any atom is 0.302 e. The van der Waals surface area contributed by atoms with Crippen LogP contribution in [0.5, 0.6) is 5.75 Å². The number of carbonyl (C=O) groups is 2. The topological polar surface area (TPSA) is 105 Å². The third-order valence-electron chi connectivity index (χ3n) is 4.42. The Balaban J connectivity index is 1.98. The molecule has 1 aromatic heterocycles. The highest BCUT2D eigenvalue weighted by Crippen LogP contribution is 2.29. The Morgan fingerprint density at radius 3 is 2.48 bits per heavy atom. The third-order valence-corrected chi connectivity index (χ3v) is 4.42. The van der Waals surface area contributed by atoms with Crippen molar-refractivity contribution < 1.29 is 32.3 Å². The number of aryl methyl sites for hydroxylation is 1. The van der Waals surface area contributed by atoms with Crippen LogP contribution in [0, 0.1) is 18.6 Å². The Morgan fingerprint density at radius 1 is 1.19 bits per heavy atom. The minimum Gasteiger partial charge on any atom is -0.474 e. The Kier molecular flexibility index (Phi) is 6.38. The number of oxazole rings is 1. The molecule has 2 aromatic carbocycles. The Hall–Kier alpha value is -3.69. The fourth-order valence-corrected chi connectivity index (χ4v) is 2.89. The molecule has 7 nitrogen and oxygen atoms in total. The number of primary amides is 1. The predicted octanol–water partition coefficient (Wildman–Crippen LogP) is 1.97. The number of carbonyl (C=O) groups excluding carboxylic acids is 2. The van der Waals surface area contributed by atoms with Crippen LogP contribution in [0.1, 0.15) is 34.8 Å². The van der Waals surface area contributed by atoms with E-state index in [0.717, 1.165) is 23.3 Å². The van der Waals surface area contributed by atoms with Crippen molar-refractivity contribution in [1.29, 1.82) is 0 Å². The van der Waals surface area contributed by atoms with Crippen molar-refractivity contribution in [3.63, 3.8) is 0 Å². The molecule has 0 bridgehead atoms. The molecule has 0 aliphatic heterocycles. The van der Waals surface area contributed by atoms with Crippen molar-refractivity contribution in [3.8, 4) is 17.0 Å². The number of esters is 1. The lowest BCUT2D eigenvalue weighted by Gasteiger charge is -2.17. The first-order chi connectivity index (χ1) is 14.7. The largest absolute Gasteiger partial charge is 0.474 e. The van der Waals surface area contributed by atoms with E-state index in [2.05, 4.69) is 4.98 Å². The van der Waals surface area contributed by atoms with Crippen LogP contribution in [-0.4, -0.2) is 31.3 Å². The minimum absolute atomic E-state index is 0.0127. The van der Waals surface area contributed by atoms with Crippen LogP contribution in [0.25, 0.3) is 11.3 Å². The van der Waals surface area contributed by atoms with Crippen LogP contribution in [0.2, 0.25) is 0 Å². The second-order valence-corrected chi connectivity index (χ2v) is 6.83. The Labute approximate surface area is 177 Å². The molecule has 0 fully saturated rings. The van der Waals surface area contributed by atoms with Gasteiger partial charge in [0.05, 0.1) is 5.66 Å². The van der Waals surface area contributed by atoms with E-state index >= 15 is 0 Å². The van der Waals surface area contributed by atoms with Gasteiger partial charge < -0.3 is 19.6 Å². The van der Waals surface area contributed by atoms with Gasteiger partial charge in [-0.15, -0.1) is 0 Å². The molecular weight excluding hydrogens is 409 g/mol. The monoisotopic (exact) mass is 428 g/mol. The summed E-state index contributed by atoms with van der Waals surface area (Å²) in [6.07, 6.45) is -1.16. The molecule has 2 N–H and O–H groups in total. The second kappa shape index (κ2) is 8.99.